The van der Waals surface area contributed by atoms with Gasteiger partial charge in [-0.05, 0) is 46.5 Å². The van der Waals surface area contributed by atoms with Crippen molar-refractivity contribution < 1.29 is 0 Å². The number of aromatic nitrogens is 1. The number of anilines is 1. The maximum atomic E-state index is 3.73. The molecule has 2 aliphatic heterocycles. The molecule has 1 aromatic heterocycles. The molecule has 3 nitrogen and oxygen atoms in total. The van der Waals surface area contributed by atoms with E-state index in [1.807, 2.05) is 0 Å². The number of halogens is 1. The van der Waals surface area contributed by atoms with Gasteiger partial charge in [0.15, 0.2) is 0 Å². The first-order valence-corrected chi connectivity index (χ1v) is 7.89. The summed E-state index contributed by atoms with van der Waals surface area (Å²) in [5.74, 6) is 0. The van der Waals surface area contributed by atoms with E-state index in [4.69, 9.17) is 0 Å². The number of hydrogen-bond acceptors (Lipinski definition) is 2. The molecule has 0 saturated carbocycles. The molecule has 0 atom stereocenters. The van der Waals surface area contributed by atoms with Gasteiger partial charge in [0.05, 0.1) is 5.52 Å². The first-order chi connectivity index (χ1) is 9.33. The lowest BCUT2D eigenvalue weighted by Crippen LogP contribution is -2.43. The van der Waals surface area contributed by atoms with Gasteiger partial charge < -0.3 is 14.8 Å². The van der Waals surface area contributed by atoms with Crippen LogP contribution in [0.5, 0.6) is 0 Å². The van der Waals surface area contributed by atoms with Gasteiger partial charge in [-0.25, -0.2) is 0 Å². The molecule has 0 bridgehead atoms. The average molecular weight is 320 g/mol. The van der Waals surface area contributed by atoms with E-state index in [9.17, 15) is 0 Å². The molecule has 100 valence electrons. The number of benzene rings is 1. The normalized spacial score (nSPS) is 19.1. The molecule has 0 aliphatic carbocycles. The first kappa shape index (κ1) is 11.8. The predicted molar refractivity (Wildman–Crippen MR) is 83.0 cm³/mol. The van der Waals surface area contributed by atoms with E-state index in [2.05, 4.69) is 49.0 Å². The van der Waals surface area contributed by atoms with Crippen molar-refractivity contribution in [3.63, 3.8) is 0 Å². The molecular formula is C15H18BrN3. The molecule has 3 heterocycles. The van der Waals surface area contributed by atoms with E-state index in [1.54, 1.807) is 0 Å². The van der Waals surface area contributed by atoms with Gasteiger partial charge >= 0.3 is 0 Å². The van der Waals surface area contributed by atoms with E-state index >= 15 is 0 Å². The first-order valence-electron chi connectivity index (χ1n) is 7.10. The fourth-order valence-electron chi connectivity index (χ4n) is 3.38. The van der Waals surface area contributed by atoms with Crippen LogP contribution < -0.4 is 10.2 Å². The van der Waals surface area contributed by atoms with Crippen molar-refractivity contribution in [2.45, 2.75) is 19.4 Å². The Morgan fingerprint density at radius 3 is 2.79 bits per heavy atom. The highest BCUT2D eigenvalue weighted by molar-refractivity contribution is 9.10. The number of nitrogens with zero attached hydrogens (tertiary/aromatic N) is 2. The lowest BCUT2D eigenvalue weighted by molar-refractivity contribution is 0.588. The Hall–Kier alpha value is -1.00. The number of nitrogens with one attached hydrogen (secondary N) is 1. The van der Waals surface area contributed by atoms with E-state index in [1.165, 1.54) is 39.5 Å². The van der Waals surface area contributed by atoms with Crippen LogP contribution in [0, 0.1) is 0 Å². The van der Waals surface area contributed by atoms with Crippen molar-refractivity contribution in [1.29, 1.82) is 0 Å². The standard InChI is InChI=1S/C15H18BrN3/c16-14-10-19-5-1-2-11-8-12(9-13(14)15(11)19)18-6-3-17-4-7-18/h8-10,17H,1-7H2. The number of hydrogen-bond donors (Lipinski definition) is 1. The van der Waals surface area contributed by atoms with E-state index < -0.39 is 0 Å². The summed E-state index contributed by atoms with van der Waals surface area (Å²) in [5.41, 5.74) is 4.35. The third-order valence-corrected chi connectivity index (χ3v) is 4.95. The summed E-state index contributed by atoms with van der Waals surface area (Å²) in [6.07, 6.45) is 4.72. The summed E-state index contributed by atoms with van der Waals surface area (Å²) >= 11 is 3.73. The molecule has 2 aromatic rings. The molecule has 1 fully saturated rings. The highest BCUT2D eigenvalue weighted by Gasteiger charge is 2.19. The summed E-state index contributed by atoms with van der Waals surface area (Å²) < 4.78 is 3.64. The molecular weight excluding hydrogens is 302 g/mol. The molecule has 1 aromatic carbocycles. The zero-order valence-electron chi connectivity index (χ0n) is 11.0. The molecule has 1 saturated heterocycles. The van der Waals surface area contributed by atoms with Crippen LogP contribution in [0.2, 0.25) is 0 Å². The van der Waals surface area contributed by atoms with E-state index in [-0.39, 0.29) is 0 Å². The Kier molecular flexibility index (Phi) is 2.81. The molecule has 0 radical (unpaired) electrons. The monoisotopic (exact) mass is 319 g/mol. The third kappa shape index (κ3) is 1.89. The summed E-state index contributed by atoms with van der Waals surface area (Å²) in [7, 11) is 0. The summed E-state index contributed by atoms with van der Waals surface area (Å²) in [6, 6.07) is 4.77. The molecule has 0 spiro atoms. The van der Waals surface area contributed by atoms with E-state index in [0.29, 0.717) is 0 Å². The van der Waals surface area contributed by atoms with Gasteiger partial charge in [-0.15, -0.1) is 0 Å². The van der Waals surface area contributed by atoms with Crippen molar-refractivity contribution in [2.75, 3.05) is 31.1 Å². The third-order valence-electron chi connectivity index (χ3n) is 4.31. The fourth-order valence-corrected chi connectivity index (χ4v) is 3.93. The summed E-state index contributed by atoms with van der Waals surface area (Å²) in [5, 5.41) is 4.80. The molecule has 4 rings (SSSR count). The SMILES string of the molecule is Brc1cn2c3c(cc(N4CCNCC4)cc13)CCC2. The topological polar surface area (TPSA) is 20.2 Å². The molecule has 19 heavy (non-hydrogen) atoms. The molecule has 2 aliphatic rings. The van der Waals surface area contributed by atoms with Crippen LogP contribution in [0.25, 0.3) is 10.9 Å². The lowest BCUT2D eigenvalue weighted by atomic mass is 10.0. The van der Waals surface area contributed by atoms with Crippen LogP contribution in [0.1, 0.15) is 12.0 Å². The maximum absolute atomic E-state index is 3.73. The van der Waals surface area contributed by atoms with Crippen LogP contribution >= 0.6 is 15.9 Å². The Morgan fingerprint density at radius 2 is 1.95 bits per heavy atom. The minimum atomic E-state index is 1.09. The van der Waals surface area contributed by atoms with Gasteiger partial charge in [0.25, 0.3) is 0 Å². The maximum Gasteiger partial charge on any atom is 0.0526 e. The Balaban J connectivity index is 1.87. The van der Waals surface area contributed by atoms with E-state index in [0.717, 1.165) is 32.7 Å². The lowest BCUT2D eigenvalue weighted by Gasteiger charge is -2.30. The van der Waals surface area contributed by atoms with Gasteiger partial charge in [-0.1, -0.05) is 0 Å². The van der Waals surface area contributed by atoms with Crippen LogP contribution in [0.15, 0.2) is 22.8 Å². The zero-order valence-corrected chi connectivity index (χ0v) is 12.5. The fraction of sp³-hybridized carbons (Fsp3) is 0.467. The van der Waals surface area contributed by atoms with Crippen LogP contribution in [0.4, 0.5) is 5.69 Å². The van der Waals surface area contributed by atoms with Gasteiger partial charge in [0.1, 0.15) is 0 Å². The Labute approximate surface area is 121 Å². The second-order valence-electron chi connectivity index (χ2n) is 5.51. The summed E-state index contributed by atoms with van der Waals surface area (Å²) in [4.78, 5) is 2.50. The second-order valence-corrected chi connectivity index (χ2v) is 6.37. The highest BCUT2D eigenvalue weighted by Crippen LogP contribution is 2.36. The van der Waals surface area contributed by atoms with Gasteiger partial charge in [-0.3, -0.25) is 0 Å². The van der Waals surface area contributed by atoms with Crippen molar-refractivity contribution in [1.82, 2.24) is 9.88 Å². The minimum Gasteiger partial charge on any atom is -0.369 e. The van der Waals surface area contributed by atoms with Crippen LogP contribution in [-0.4, -0.2) is 30.7 Å². The highest BCUT2D eigenvalue weighted by atomic mass is 79.9. The van der Waals surface area contributed by atoms with Gasteiger partial charge in [0.2, 0.25) is 0 Å². The molecule has 0 amide bonds. The number of piperazine rings is 1. The second kappa shape index (κ2) is 4.53. The smallest absolute Gasteiger partial charge is 0.0526 e. The van der Waals surface area contributed by atoms with Crippen molar-refractivity contribution in [3.05, 3.63) is 28.4 Å². The van der Waals surface area contributed by atoms with Crippen molar-refractivity contribution >= 4 is 32.5 Å². The van der Waals surface area contributed by atoms with Crippen molar-refractivity contribution in [3.8, 4) is 0 Å². The average Bonchev–Trinajstić information content (AvgIpc) is 2.78. The van der Waals surface area contributed by atoms with Crippen LogP contribution in [-0.2, 0) is 13.0 Å². The summed E-state index contributed by atoms with van der Waals surface area (Å²) in [6.45, 7) is 5.57. The number of rotatable bonds is 1. The molecule has 0 unspecified atom stereocenters. The Morgan fingerprint density at radius 1 is 1.11 bits per heavy atom. The van der Waals surface area contributed by atoms with Gasteiger partial charge in [-0.2, -0.15) is 0 Å². The Bertz CT molecular complexity index is 626. The zero-order chi connectivity index (χ0) is 12.8. The number of aryl methyl sites for hydroxylation is 2. The van der Waals surface area contributed by atoms with Gasteiger partial charge in [0, 0.05) is 54.5 Å². The van der Waals surface area contributed by atoms with Crippen LogP contribution in [0.3, 0.4) is 0 Å². The quantitative estimate of drug-likeness (QED) is 0.872. The van der Waals surface area contributed by atoms with Crippen molar-refractivity contribution in [2.24, 2.45) is 0 Å². The largest absolute Gasteiger partial charge is 0.369 e. The molecule has 1 N–H and O–H groups in total. The molecule has 4 heteroatoms. The predicted octanol–water partition coefficient (Wildman–Crippen LogP) is 2.76. The minimum absolute atomic E-state index is 1.09.